The molecule has 0 spiro atoms. The molecule has 0 aliphatic heterocycles. The molecule has 0 unspecified atom stereocenters. The first kappa shape index (κ1) is 26.8. The number of carbonyl (C=O) groups is 2. The number of halogens is 2. The van der Waals surface area contributed by atoms with Crippen LogP contribution >= 0.6 is 23.4 Å². The van der Waals surface area contributed by atoms with Crippen LogP contribution in [0.2, 0.25) is 5.02 Å². The van der Waals surface area contributed by atoms with Crippen LogP contribution in [0.4, 0.5) is 4.39 Å². The molecule has 1 N–H and O–H groups in total. The summed E-state index contributed by atoms with van der Waals surface area (Å²) in [5, 5.41) is 3.58. The number of amides is 2. The van der Waals surface area contributed by atoms with Crippen LogP contribution in [0.15, 0.2) is 78.9 Å². The quantitative estimate of drug-likeness (QED) is 0.349. The maximum atomic E-state index is 14.6. The zero-order chi connectivity index (χ0) is 25.2. The molecular weight excluding hydrogens is 483 g/mol. The van der Waals surface area contributed by atoms with Crippen molar-refractivity contribution in [3.05, 3.63) is 106 Å². The van der Waals surface area contributed by atoms with Crippen molar-refractivity contribution in [1.82, 2.24) is 10.2 Å². The smallest absolute Gasteiger partial charge is 0.243 e. The lowest BCUT2D eigenvalue weighted by atomic mass is 10.0. The molecule has 0 aromatic heterocycles. The standard InChI is InChI=1S/C28H30ClFN2O2S/c1-20(2)31-28(34)26(16-21-10-4-3-5-11-21)32(17-22-12-7-9-15-25(22)30)27(33)19-35-18-23-13-6-8-14-24(23)29/h3-15,20,26H,16-19H2,1-2H3,(H,31,34)/t26-/m1/s1. The van der Waals surface area contributed by atoms with Gasteiger partial charge in [0.15, 0.2) is 0 Å². The van der Waals surface area contributed by atoms with E-state index in [1.165, 1.54) is 22.7 Å². The van der Waals surface area contributed by atoms with E-state index in [0.29, 0.717) is 22.8 Å². The highest BCUT2D eigenvalue weighted by atomic mass is 35.5. The number of thioether (sulfide) groups is 1. The van der Waals surface area contributed by atoms with Crippen LogP contribution in [0.1, 0.15) is 30.5 Å². The Balaban J connectivity index is 1.86. The molecule has 0 saturated carbocycles. The zero-order valence-electron chi connectivity index (χ0n) is 19.9. The first-order chi connectivity index (χ1) is 16.8. The molecule has 1 atom stereocenters. The van der Waals surface area contributed by atoms with E-state index in [-0.39, 0.29) is 30.2 Å². The third-order valence-electron chi connectivity index (χ3n) is 5.44. The van der Waals surface area contributed by atoms with Gasteiger partial charge in [0.1, 0.15) is 11.9 Å². The number of hydrogen-bond donors (Lipinski definition) is 1. The first-order valence-electron chi connectivity index (χ1n) is 11.5. The molecule has 0 radical (unpaired) electrons. The summed E-state index contributed by atoms with van der Waals surface area (Å²) in [4.78, 5) is 28.3. The van der Waals surface area contributed by atoms with Crippen LogP contribution in [-0.4, -0.2) is 34.6 Å². The predicted molar refractivity (Wildman–Crippen MR) is 142 cm³/mol. The van der Waals surface area contributed by atoms with E-state index in [1.807, 2.05) is 68.4 Å². The van der Waals surface area contributed by atoms with Crippen molar-refractivity contribution in [3.8, 4) is 0 Å². The normalized spacial score (nSPS) is 11.8. The molecular formula is C28H30ClFN2O2S. The zero-order valence-corrected chi connectivity index (χ0v) is 21.5. The molecule has 0 saturated heterocycles. The van der Waals surface area contributed by atoms with Crippen LogP contribution in [-0.2, 0) is 28.3 Å². The average molecular weight is 513 g/mol. The summed E-state index contributed by atoms with van der Waals surface area (Å²) in [6, 6.07) is 22.5. The van der Waals surface area contributed by atoms with Crippen molar-refractivity contribution in [2.24, 2.45) is 0 Å². The lowest BCUT2D eigenvalue weighted by Gasteiger charge is -2.32. The number of nitrogens with zero attached hydrogens (tertiary/aromatic N) is 1. The topological polar surface area (TPSA) is 49.4 Å². The summed E-state index contributed by atoms with van der Waals surface area (Å²) in [6.07, 6.45) is 0.328. The fourth-order valence-electron chi connectivity index (χ4n) is 3.69. The highest BCUT2D eigenvalue weighted by Gasteiger charge is 2.31. The Morgan fingerprint density at radius 1 is 0.943 bits per heavy atom. The second kappa shape index (κ2) is 13.3. The summed E-state index contributed by atoms with van der Waals surface area (Å²) < 4.78 is 14.6. The van der Waals surface area contributed by atoms with Gasteiger partial charge in [0, 0.05) is 35.3 Å². The molecule has 7 heteroatoms. The lowest BCUT2D eigenvalue weighted by Crippen LogP contribution is -2.52. The van der Waals surface area contributed by atoms with E-state index < -0.39 is 11.9 Å². The molecule has 0 aliphatic carbocycles. The monoisotopic (exact) mass is 512 g/mol. The third-order valence-corrected chi connectivity index (χ3v) is 6.78. The molecule has 0 fully saturated rings. The van der Waals surface area contributed by atoms with Gasteiger partial charge >= 0.3 is 0 Å². The minimum Gasteiger partial charge on any atom is -0.352 e. The molecule has 2 amide bonds. The number of nitrogens with one attached hydrogen (secondary N) is 1. The third kappa shape index (κ3) is 8.11. The number of rotatable bonds is 11. The Bertz CT molecular complexity index is 1130. The maximum Gasteiger partial charge on any atom is 0.243 e. The first-order valence-corrected chi connectivity index (χ1v) is 13.1. The molecule has 3 aromatic rings. The van der Waals surface area contributed by atoms with Crippen molar-refractivity contribution in [2.45, 2.75) is 44.6 Å². The Labute approximate surface area is 215 Å². The fourth-order valence-corrected chi connectivity index (χ4v) is 4.89. The largest absolute Gasteiger partial charge is 0.352 e. The molecule has 4 nitrogen and oxygen atoms in total. The van der Waals surface area contributed by atoms with Gasteiger partial charge in [0.25, 0.3) is 0 Å². The minimum absolute atomic E-state index is 0.00117. The van der Waals surface area contributed by atoms with E-state index in [1.54, 1.807) is 18.2 Å². The summed E-state index contributed by atoms with van der Waals surface area (Å²) in [6.45, 7) is 3.75. The second-order valence-electron chi connectivity index (χ2n) is 8.57. The molecule has 0 heterocycles. The van der Waals surface area contributed by atoms with E-state index in [9.17, 15) is 14.0 Å². The van der Waals surface area contributed by atoms with E-state index in [0.717, 1.165) is 11.1 Å². The second-order valence-corrected chi connectivity index (χ2v) is 9.96. The Morgan fingerprint density at radius 3 is 2.23 bits per heavy atom. The maximum absolute atomic E-state index is 14.6. The highest BCUT2D eigenvalue weighted by molar-refractivity contribution is 7.99. The van der Waals surface area contributed by atoms with Crippen LogP contribution in [0.3, 0.4) is 0 Å². The van der Waals surface area contributed by atoms with Crippen molar-refractivity contribution in [1.29, 1.82) is 0 Å². The van der Waals surface area contributed by atoms with Gasteiger partial charge in [-0.15, -0.1) is 11.8 Å². The Hall–Kier alpha value is -2.83. The van der Waals surface area contributed by atoms with Gasteiger partial charge in [-0.1, -0.05) is 78.3 Å². The van der Waals surface area contributed by atoms with Gasteiger partial charge in [-0.05, 0) is 37.1 Å². The lowest BCUT2D eigenvalue weighted by molar-refractivity contribution is -0.139. The molecule has 184 valence electrons. The van der Waals surface area contributed by atoms with Crippen molar-refractivity contribution < 1.29 is 14.0 Å². The van der Waals surface area contributed by atoms with Crippen molar-refractivity contribution in [3.63, 3.8) is 0 Å². The van der Waals surface area contributed by atoms with Crippen LogP contribution in [0.5, 0.6) is 0 Å². The fraction of sp³-hybridized carbons (Fsp3) is 0.286. The van der Waals surface area contributed by atoms with Crippen molar-refractivity contribution in [2.75, 3.05) is 5.75 Å². The molecule has 35 heavy (non-hydrogen) atoms. The molecule has 3 aromatic carbocycles. The highest BCUT2D eigenvalue weighted by Crippen LogP contribution is 2.23. The number of hydrogen-bond acceptors (Lipinski definition) is 3. The van der Waals surface area contributed by atoms with Gasteiger partial charge in [-0.25, -0.2) is 4.39 Å². The summed E-state index contributed by atoms with van der Waals surface area (Å²) in [5.41, 5.74) is 2.23. The van der Waals surface area contributed by atoms with Crippen molar-refractivity contribution >= 4 is 35.2 Å². The molecule has 0 aliphatic rings. The van der Waals surface area contributed by atoms with Gasteiger partial charge in [-0.2, -0.15) is 0 Å². The average Bonchev–Trinajstić information content (AvgIpc) is 2.83. The van der Waals surface area contributed by atoms with Gasteiger partial charge < -0.3 is 10.2 Å². The Kier molecular flexibility index (Phi) is 10.2. The number of benzene rings is 3. The van der Waals surface area contributed by atoms with Crippen LogP contribution in [0.25, 0.3) is 0 Å². The minimum atomic E-state index is -0.784. The summed E-state index contributed by atoms with van der Waals surface area (Å²) >= 11 is 7.67. The summed E-state index contributed by atoms with van der Waals surface area (Å²) in [5.74, 6) is -0.202. The van der Waals surface area contributed by atoms with Gasteiger partial charge in [-0.3, -0.25) is 9.59 Å². The molecule has 0 bridgehead atoms. The van der Waals surface area contributed by atoms with Crippen LogP contribution < -0.4 is 5.32 Å². The van der Waals surface area contributed by atoms with Gasteiger partial charge in [0.2, 0.25) is 11.8 Å². The summed E-state index contributed by atoms with van der Waals surface area (Å²) in [7, 11) is 0. The van der Waals surface area contributed by atoms with E-state index in [4.69, 9.17) is 11.6 Å². The Morgan fingerprint density at radius 2 is 1.57 bits per heavy atom. The van der Waals surface area contributed by atoms with E-state index >= 15 is 0 Å². The van der Waals surface area contributed by atoms with Gasteiger partial charge in [0.05, 0.1) is 5.75 Å². The number of carbonyl (C=O) groups excluding carboxylic acids is 2. The molecule has 3 rings (SSSR count). The predicted octanol–water partition coefficient (Wildman–Crippen LogP) is 5.88. The SMILES string of the molecule is CC(C)NC(=O)[C@@H](Cc1ccccc1)N(Cc1ccccc1F)C(=O)CSCc1ccccc1Cl. The van der Waals surface area contributed by atoms with Crippen LogP contribution in [0, 0.1) is 5.82 Å². The van der Waals surface area contributed by atoms with E-state index in [2.05, 4.69) is 5.32 Å².